The van der Waals surface area contributed by atoms with E-state index in [1.165, 1.54) is 6.33 Å². The second-order valence-electron chi connectivity index (χ2n) is 5.71. The number of nitrogens with one attached hydrogen (secondary N) is 1. The van der Waals surface area contributed by atoms with Gasteiger partial charge >= 0.3 is 0 Å². The number of hydrogen-bond donors (Lipinski definition) is 1. The molecule has 4 aromatic rings. The minimum Gasteiger partial charge on any atom is -0.493 e. The molecule has 0 radical (unpaired) electrons. The first-order chi connectivity index (χ1) is 13.3. The van der Waals surface area contributed by atoms with Crippen molar-refractivity contribution in [2.75, 3.05) is 19.1 Å². The maximum Gasteiger partial charge on any atom is 0.197 e. The molecule has 0 amide bonds. The van der Waals surface area contributed by atoms with Crippen LogP contribution in [-0.2, 0) is 0 Å². The van der Waals surface area contributed by atoms with Crippen molar-refractivity contribution in [2.24, 2.45) is 5.10 Å². The lowest BCUT2D eigenvalue weighted by Gasteiger charge is -2.09. The highest BCUT2D eigenvalue weighted by Gasteiger charge is 2.12. The summed E-state index contributed by atoms with van der Waals surface area (Å²) in [6.45, 7) is 2.51. The van der Waals surface area contributed by atoms with Gasteiger partial charge in [0.1, 0.15) is 17.4 Å². The standard InChI is InChI=1S/C20H18N4O3/c1-3-26-16-9-8-13(10-17(16)25-2)11-23-24-20-19-18(21-12-22-20)14-6-4-5-7-15(14)27-19/h4-12H,3H2,1-2H3,(H,21,22,24)/b23-11-. The summed E-state index contributed by atoms with van der Waals surface area (Å²) in [7, 11) is 1.61. The Morgan fingerprint density at radius 1 is 1.15 bits per heavy atom. The van der Waals surface area contributed by atoms with Gasteiger partial charge in [-0.3, -0.25) is 5.43 Å². The van der Waals surface area contributed by atoms with E-state index in [0.29, 0.717) is 29.5 Å². The predicted molar refractivity (Wildman–Crippen MR) is 105 cm³/mol. The third-order valence-electron chi connectivity index (χ3n) is 4.03. The Labute approximate surface area is 155 Å². The fourth-order valence-corrected chi connectivity index (χ4v) is 2.81. The molecule has 7 nitrogen and oxygen atoms in total. The van der Waals surface area contributed by atoms with Crippen molar-refractivity contribution in [1.29, 1.82) is 0 Å². The Bertz CT molecular complexity index is 1120. The van der Waals surface area contributed by atoms with Gasteiger partial charge in [0, 0.05) is 5.39 Å². The number of hydrogen-bond acceptors (Lipinski definition) is 7. The molecule has 1 N–H and O–H groups in total. The number of ether oxygens (including phenoxy) is 2. The molecule has 27 heavy (non-hydrogen) atoms. The summed E-state index contributed by atoms with van der Waals surface area (Å²) >= 11 is 0. The summed E-state index contributed by atoms with van der Waals surface area (Å²) in [4.78, 5) is 8.55. The number of benzene rings is 2. The topological polar surface area (TPSA) is 81.8 Å². The van der Waals surface area contributed by atoms with Gasteiger partial charge in [0.25, 0.3) is 0 Å². The number of methoxy groups -OCH3 is 1. The molecule has 7 heteroatoms. The lowest BCUT2D eigenvalue weighted by Crippen LogP contribution is -1.97. The highest BCUT2D eigenvalue weighted by atomic mass is 16.5. The van der Waals surface area contributed by atoms with Crippen molar-refractivity contribution < 1.29 is 13.9 Å². The Morgan fingerprint density at radius 2 is 2.04 bits per heavy atom. The zero-order valence-electron chi connectivity index (χ0n) is 15.0. The molecule has 0 saturated carbocycles. The van der Waals surface area contributed by atoms with E-state index in [4.69, 9.17) is 13.9 Å². The van der Waals surface area contributed by atoms with E-state index in [-0.39, 0.29) is 0 Å². The summed E-state index contributed by atoms with van der Waals surface area (Å²) in [5.74, 6) is 1.86. The largest absolute Gasteiger partial charge is 0.493 e. The number of furan rings is 1. The molecule has 0 unspecified atom stereocenters. The minimum absolute atomic E-state index is 0.505. The van der Waals surface area contributed by atoms with E-state index in [1.807, 2.05) is 49.4 Å². The molecule has 0 atom stereocenters. The fraction of sp³-hybridized carbons (Fsp3) is 0.150. The van der Waals surface area contributed by atoms with Crippen molar-refractivity contribution in [3.63, 3.8) is 0 Å². The summed E-state index contributed by atoms with van der Waals surface area (Å²) < 4.78 is 16.7. The molecule has 0 bridgehead atoms. The van der Waals surface area contributed by atoms with E-state index in [1.54, 1.807) is 13.3 Å². The van der Waals surface area contributed by atoms with Crippen LogP contribution in [0.5, 0.6) is 11.5 Å². The Hall–Kier alpha value is -3.61. The number of para-hydroxylation sites is 1. The minimum atomic E-state index is 0.505. The van der Waals surface area contributed by atoms with Gasteiger partial charge in [-0.1, -0.05) is 12.1 Å². The number of fused-ring (bicyclic) bond motifs is 3. The summed E-state index contributed by atoms with van der Waals surface area (Å²) in [5.41, 5.74) is 5.87. The normalized spacial score (nSPS) is 11.3. The van der Waals surface area contributed by atoms with Crippen molar-refractivity contribution >= 4 is 34.1 Å². The van der Waals surface area contributed by atoms with Crippen LogP contribution in [-0.4, -0.2) is 29.9 Å². The van der Waals surface area contributed by atoms with Crippen LogP contribution in [0.25, 0.3) is 22.1 Å². The second kappa shape index (κ2) is 7.33. The molecule has 0 saturated heterocycles. The quantitative estimate of drug-likeness (QED) is 0.408. The molecule has 0 aliphatic carbocycles. The van der Waals surface area contributed by atoms with Crippen LogP contribution < -0.4 is 14.9 Å². The number of rotatable bonds is 6. The molecule has 0 fully saturated rings. The maximum absolute atomic E-state index is 5.87. The third kappa shape index (κ3) is 3.27. The molecule has 2 heterocycles. The average molecular weight is 362 g/mol. The van der Waals surface area contributed by atoms with Gasteiger partial charge in [-0.25, -0.2) is 9.97 Å². The molecule has 0 aliphatic rings. The zero-order chi connectivity index (χ0) is 18.6. The maximum atomic E-state index is 5.87. The Kier molecular flexibility index (Phi) is 4.57. The van der Waals surface area contributed by atoms with Gasteiger partial charge in [0.15, 0.2) is 22.9 Å². The van der Waals surface area contributed by atoms with Gasteiger partial charge < -0.3 is 13.9 Å². The van der Waals surface area contributed by atoms with E-state index in [2.05, 4.69) is 20.5 Å². The molecular weight excluding hydrogens is 344 g/mol. The van der Waals surface area contributed by atoms with Gasteiger partial charge in [-0.05, 0) is 42.8 Å². The first kappa shape index (κ1) is 16.8. The average Bonchev–Trinajstić information content (AvgIpc) is 3.09. The summed E-state index contributed by atoms with van der Waals surface area (Å²) in [5, 5.41) is 5.20. The van der Waals surface area contributed by atoms with Crippen LogP contribution in [0.1, 0.15) is 12.5 Å². The molecule has 2 aromatic carbocycles. The molecule has 2 aromatic heterocycles. The van der Waals surface area contributed by atoms with Gasteiger partial charge in [-0.2, -0.15) is 5.10 Å². The first-order valence-corrected chi connectivity index (χ1v) is 8.52. The fourth-order valence-electron chi connectivity index (χ4n) is 2.81. The number of anilines is 1. The van der Waals surface area contributed by atoms with E-state index < -0.39 is 0 Å². The second-order valence-corrected chi connectivity index (χ2v) is 5.71. The van der Waals surface area contributed by atoms with Crippen LogP contribution >= 0.6 is 0 Å². The zero-order valence-corrected chi connectivity index (χ0v) is 15.0. The molecule has 4 rings (SSSR count). The van der Waals surface area contributed by atoms with Gasteiger partial charge in [0.2, 0.25) is 0 Å². The molecule has 0 spiro atoms. The lowest BCUT2D eigenvalue weighted by atomic mass is 10.2. The van der Waals surface area contributed by atoms with E-state index >= 15 is 0 Å². The van der Waals surface area contributed by atoms with Crippen LogP contribution in [0.15, 0.2) is 58.3 Å². The predicted octanol–water partition coefficient (Wildman–Crippen LogP) is 4.23. The van der Waals surface area contributed by atoms with Crippen LogP contribution in [0.3, 0.4) is 0 Å². The van der Waals surface area contributed by atoms with Gasteiger partial charge in [0.05, 0.1) is 19.9 Å². The van der Waals surface area contributed by atoms with Crippen molar-refractivity contribution in [1.82, 2.24) is 9.97 Å². The van der Waals surface area contributed by atoms with Crippen molar-refractivity contribution in [3.05, 3.63) is 54.4 Å². The number of aromatic nitrogens is 2. The molecule has 0 aliphatic heterocycles. The van der Waals surface area contributed by atoms with Crippen molar-refractivity contribution in [3.8, 4) is 11.5 Å². The monoisotopic (exact) mass is 362 g/mol. The summed E-state index contributed by atoms with van der Waals surface area (Å²) in [6, 6.07) is 13.3. The van der Waals surface area contributed by atoms with Crippen LogP contribution in [0.4, 0.5) is 5.82 Å². The Balaban J connectivity index is 1.60. The highest BCUT2D eigenvalue weighted by molar-refractivity contribution is 6.05. The van der Waals surface area contributed by atoms with Crippen LogP contribution in [0.2, 0.25) is 0 Å². The number of hydrazone groups is 1. The Morgan fingerprint density at radius 3 is 2.89 bits per heavy atom. The van der Waals surface area contributed by atoms with E-state index in [0.717, 1.165) is 22.0 Å². The SMILES string of the molecule is CCOc1ccc(/C=N\Nc2ncnc3c2oc2ccccc23)cc1OC. The summed E-state index contributed by atoms with van der Waals surface area (Å²) in [6.07, 6.45) is 3.16. The molecular formula is C20H18N4O3. The smallest absolute Gasteiger partial charge is 0.197 e. The van der Waals surface area contributed by atoms with Crippen molar-refractivity contribution in [2.45, 2.75) is 6.92 Å². The first-order valence-electron chi connectivity index (χ1n) is 8.52. The van der Waals surface area contributed by atoms with E-state index in [9.17, 15) is 0 Å². The van der Waals surface area contributed by atoms with Crippen LogP contribution in [0, 0.1) is 0 Å². The third-order valence-corrected chi connectivity index (χ3v) is 4.03. The highest BCUT2D eigenvalue weighted by Crippen LogP contribution is 2.30. The lowest BCUT2D eigenvalue weighted by molar-refractivity contribution is 0.311. The molecule has 136 valence electrons. The van der Waals surface area contributed by atoms with Gasteiger partial charge in [-0.15, -0.1) is 0 Å². The number of nitrogens with zero attached hydrogens (tertiary/aromatic N) is 3.